The van der Waals surface area contributed by atoms with Gasteiger partial charge in [-0.05, 0) is 38.9 Å². The summed E-state index contributed by atoms with van der Waals surface area (Å²) in [5.74, 6) is 1.63. The highest BCUT2D eigenvalue weighted by molar-refractivity contribution is 5.39. The quantitative estimate of drug-likeness (QED) is 0.901. The first-order chi connectivity index (χ1) is 10.3. The Morgan fingerprint density at radius 2 is 2.19 bits per heavy atom. The second kappa shape index (κ2) is 6.80. The SMILES string of the molecule is CCNC(C)C1CCCCN1CC1COc2ccccc21. The van der Waals surface area contributed by atoms with Gasteiger partial charge in [0.05, 0.1) is 6.61 Å². The van der Waals surface area contributed by atoms with E-state index in [2.05, 4.69) is 48.3 Å². The average molecular weight is 288 g/mol. The molecule has 0 bridgehead atoms. The molecule has 1 N–H and O–H groups in total. The Hall–Kier alpha value is -1.06. The van der Waals surface area contributed by atoms with Gasteiger partial charge in [-0.15, -0.1) is 0 Å². The summed E-state index contributed by atoms with van der Waals surface area (Å²) in [4.78, 5) is 2.70. The summed E-state index contributed by atoms with van der Waals surface area (Å²) in [6, 6.07) is 9.79. The number of likely N-dealkylation sites (N-methyl/N-ethyl adjacent to an activating group) is 1. The van der Waals surface area contributed by atoms with Crippen LogP contribution in [0, 0.1) is 0 Å². The number of likely N-dealkylation sites (tertiary alicyclic amines) is 1. The Morgan fingerprint density at radius 1 is 1.33 bits per heavy atom. The van der Waals surface area contributed by atoms with Crippen LogP contribution in [-0.4, -0.2) is 43.2 Å². The summed E-state index contributed by atoms with van der Waals surface area (Å²) >= 11 is 0. The van der Waals surface area contributed by atoms with E-state index in [0.29, 0.717) is 18.0 Å². The molecule has 2 aliphatic heterocycles. The van der Waals surface area contributed by atoms with Crippen molar-refractivity contribution in [2.24, 2.45) is 0 Å². The van der Waals surface area contributed by atoms with Gasteiger partial charge in [-0.3, -0.25) is 4.90 Å². The molecule has 0 amide bonds. The maximum atomic E-state index is 5.85. The van der Waals surface area contributed by atoms with Gasteiger partial charge in [0.15, 0.2) is 0 Å². The molecule has 116 valence electrons. The van der Waals surface area contributed by atoms with E-state index < -0.39 is 0 Å². The maximum absolute atomic E-state index is 5.85. The molecule has 2 heterocycles. The average Bonchev–Trinajstić information content (AvgIpc) is 2.91. The van der Waals surface area contributed by atoms with Gasteiger partial charge in [0.1, 0.15) is 5.75 Å². The van der Waals surface area contributed by atoms with Crippen LogP contribution < -0.4 is 10.1 Å². The number of benzene rings is 1. The van der Waals surface area contributed by atoms with Crippen LogP contribution in [0.25, 0.3) is 0 Å². The first-order valence-corrected chi connectivity index (χ1v) is 8.48. The molecule has 0 radical (unpaired) electrons. The molecule has 0 saturated carbocycles. The maximum Gasteiger partial charge on any atom is 0.122 e. The fourth-order valence-electron chi connectivity index (χ4n) is 3.93. The van der Waals surface area contributed by atoms with Crippen molar-refractivity contribution < 1.29 is 4.74 Å². The van der Waals surface area contributed by atoms with Gasteiger partial charge in [0.2, 0.25) is 0 Å². The van der Waals surface area contributed by atoms with Crippen LogP contribution in [0.15, 0.2) is 24.3 Å². The fraction of sp³-hybridized carbons (Fsp3) is 0.667. The number of piperidine rings is 1. The van der Waals surface area contributed by atoms with Crippen LogP contribution in [0.4, 0.5) is 0 Å². The van der Waals surface area contributed by atoms with Gasteiger partial charge in [0, 0.05) is 30.1 Å². The van der Waals surface area contributed by atoms with E-state index in [1.165, 1.54) is 31.4 Å². The van der Waals surface area contributed by atoms with Crippen molar-refractivity contribution in [1.82, 2.24) is 10.2 Å². The highest BCUT2D eigenvalue weighted by atomic mass is 16.5. The highest BCUT2D eigenvalue weighted by Crippen LogP contribution is 2.35. The molecule has 3 rings (SSSR count). The van der Waals surface area contributed by atoms with Crippen molar-refractivity contribution in [3.05, 3.63) is 29.8 Å². The molecule has 2 aliphatic rings. The van der Waals surface area contributed by atoms with Crippen LogP contribution in [0.5, 0.6) is 5.75 Å². The number of hydrogen-bond acceptors (Lipinski definition) is 3. The smallest absolute Gasteiger partial charge is 0.122 e. The predicted octanol–water partition coefficient (Wildman–Crippen LogP) is 3.02. The van der Waals surface area contributed by atoms with Crippen molar-refractivity contribution in [3.8, 4) is 5.75 Å². The molecule has 3 unspecified atom stereocenters. The van der Waals surface area contributed by atoms with Gasteiger partial charge in [-0.2, -0.15) is 0 Å². The molecule has 1 aromatic carbocycles. The Balaban J connectivity index is 1.68. The van der Waals surface area contributed by atoms with Crippen molar-refractivity contribution in [2.45, 2.75) is 51.1 Å². The molecule has 3 nitrogen and oxygen atoms in total. The molecule has 1 saturated heterocycles. The van der Waals surface area contributed by atoms with E-state index in [0.717, 1.165) is 25.4 Å². The molecular weight excluding hydrogens is 260 g/mol. The minimum atomic E-state index is 0.538. The Bertz CT molecular complexity index is 462. The summed E-state index contributed by atoms with van der Waals surface area (Å²) < 4.78 is 5.85. The van der Waals surface area contributed by atoms with Gasteiger partial charge < -0.3 is 10.1 Å². The first kappa shape index (κ1) is 14.9. The van der Waals surface area contributed by atoms with Crippen molar-refractivity contribution in [1.29, 1.82) is 0 Å². The molecule has 1 aromatic rings. The lowest BCUT2D eigenvalue weighted by Crippen LogP contribution is -2.52. The van der Waals surface area contributed by atoms with Crippen LogP contribution in [0.1, 0.15) is 44.6 Å². The van der Waals surface area contributed by atoms with E-state index in [1.807, 2.05) is 0 Å². The zero-order valence-corrected chi connectivity index (χ0v) is 13.3. The van der Waals surface area contributed by atoms with Crippen LogP contribution in [-0.2, 0) is 0 Å². The molecular formula is C18H28N2O. The Kier molecular flexibility index (Phi) is 4.81. The third kappa shape index (κ3) is 3.24. The molecule has 0 spiro atoms. The number of fused-ring (bicyclic) bond motifs is 1. The van der Waals surface area contributed by atoms with Gasteiger partial charge in [-0.25, -0.2) is 0 Å². The molecule has 0 aliphatic carbocycles. The lowest BCUT2D eigenvalue weighted by atomic mass is 9.93. The van der Waals surface area contributed by atoms with E-state index in [-0.39, 0.29) is 0 Å². The zero-order valence-electron chi connectivity index (χ0n) is 13.3. The predicted molar refractivity (Wildman–Crippen MR) is 87.0 cm³/mol. The molecule has 0 aromatic heterocycles. The first-order valence-electron chi connectivity index (χ1n) is 8.48. The third-order valence-corrected chi connectivity index (χ3v) is 5.02. The van der Waals surface area contributed by atoms with E-state index in [9.17, 15) is 0 Å². The van der Waals surface area contributed by atoms with Crippen molar-refractivity contribution >= 4 is 0 Å². The van der Waals surface area contributed by atoms with E-state index in [1.54, 1.807) is 0 Å². The van der Waals surface area contributed by atoms with E-state index in [4.69, 9.17) is 4.74 Å². The number of nitrogens with zero attached hydrogens (tertiary/aromatic N) is 1. The zero-order chi connectivity index (χ0) is 14.7. The number of nitrogens with one attached hydrogen (secondary N) is 1. The minimum Gasteiger partial charge on any atom is -0.493 e. The number of para-hydroxylation sites is 1. The van der Waals surface area contributed by atoms with Crippen LogP contribution in [0.2, 0.25) is 0 Å². The van der Waals surface area contributed by atoms with Gasteiger partial charge >= 0.3 is 0 Å². The summed E-state index contributed by atoms with van der Waals surface area (Å²) in [5.41, 5.74) is 1.40. The van der Waals surface area contributed by atoms with Gasteiger partial charge in [0.25, 0.3) is 0 Å². The summed E-state index contributed by atoms with van der Waals surface area (Å²) in [6.45, 7) is 8.81. The second-order valence-corrected chi connectivity index (χ2v) is 6.45. The summed E-state index contributed by atoms with van der Waals surface area (Å²) in [6.07, 6.45) is 4.03. The molecule has 21 heavy (non-hydrogen) atoms. The van der Waals surface area contributed by atoms with Gasteiger partial charge in [-0.1, -0.05) is 31.5 Å². The number of hydrogen-bond donors (Lipinski definition) is 1. The van der Waals surface area contributed by atoms with Crippen LogP contribution in [0.3, 0.4) is 0 Å². The second-order valence-electron chi connectivity index (χ2n) is 6.45. The number of ether oxygens (including phenoxy) is 1. The molecule has 1 fully saturated rings. The van der Waals surface area contributed by atoms with Crippen molar-refractivity contribution in [2.75, 3.05) is 26.2 Å². The minimum absolute atomic E-state index is 0.538. The number of rotatable bonds is 5. The largest absolute Gasteiger partial charge is 0.493 e. The molecule has 3 heteroatoms. The highest BCUT2D eigenvalue weighted by Gasteiger charge is 2.32. The van der Waals surface area contributed by atoms with Crippen LogP contribution >= 0.6 is 0 Å². The Labute approximate surface area is 128 Å². The van der Waals surface area contributed by atoms with E-state index >= 15 is 0 Å². The fourth-order valence-corrected chi connectivity index (χ4v) is 3.93. The lowest BCUT2D eigenvalue weighted by molar-refractivity contribution is 0.108. The summed E-state index contributed by atoms with van der Waals surface area (Å²) in [5, 5.41) is 3.62. The molecule has 3 atom stereocenters. The van der Waals surface area contributed by atoms with Crippen molar-refractivity contribution in [3.63, 3.8) is 0 Å². The lowest BCUT2D eigenvalue weighted by Gasteiger charge is -2.40. The Morgan fingerprint density at radius 3 is 3.05 bits per heavy atom. The normalized spacial score (nSPS) is 27.1. The standard InChI is InChI=1S/C18H28N2O/c1-3-19-14(2)17-9-6-7-11-20(17)12-15-13-21-18-10-5-4-8-16(15)18/h4-5,8,10,14-15,17,19H,3,6-7,9,11-13H2,1-2H3. The third-order valence-electron chi connectivity index (χ3n) is 5.02. The topological polar surface area (TPSA) is 24.5 Å². The monoisotopic (exact) mass is 288 g/mol. The summed E-state index contributed by atoms with van der Waals surface area (Å²) in [7, 11) is 0.